The maximum absolute atomic E-state index is 12.1. The predicted octanol–water partition coefficient (Wildman–Crippen LogP) is 4.84. The highest BCUT2D eigenvalue weighted by atomic mass is 35.5. The van der Waals surface area contributed by atoms with Gasteiger partial charge in [0.25, 0.3) is 0 Å². The van der Waals surface area contributed by atoms with Crippen LogP contribution in [0.5, 0.6) is 5.75 Å². The van der Waals surface area contributed by atoms with Crippen molar-refractivity contribution in [2.45, 2.75) is 20.0 Å². The minimum Gasteiger partial charge on any atom is -0.489 e. The van der Waals surface area contributed by atoms with Crippen LogP contribution in [0.25, 0.3) is 11.0 Å². The van der Waals surface area contributed by atoms with Crippen LogP contribution in [0.2, 0.25) is 10.0 Å². The van der Waals surface area contributed by atoms with Gasteiger partial charge < -0.3 is 13.9 Å². The number of halogens is 2. The first-order valence-electron chi connectivity index (χ1n) is 9.20. The third-order valence-electron chi connectivity index (χ3n) is 4.36. The number of hydrogen-bond donors (Lipinski definition) is 0. The molecular weight excluding hydrogens is 451 g/mol. The molecule has 0 aliphatic carbocycles. The normalized spacial score (nSPS) is 11.6. The topological polar surface area (TPSA) is 82.8 Å². The van der Waals surface area contributed by atoms with Crippen LogP contribution in [0.15, 0.2) is 47.1 Å². The van der Waals surface area contributed by atoms with E-state index in [0.717, 1.165) is 16.5 Å². The molecule has 0 saturated carbocycles. The first-order valence-corrected chi connectivity index (χ1v) is 11.8. The lowest BCUT2D eigenvalue weighted by Crippen LogP contribution is -2.21. The number of ether oxygens (including phenoxy) is 2. The third kappa shape index (κ3) is 5.90. The van der Waals surface area contributed by atoms with E-state index in [-0.39, 0.29) is 25.4 Å². The number of esters is 1. The molecule has 0 aliphatic rings. The van der Waals surface area contributed by atoms with Crippen LogP contribution in [0.3, 0.4) is 0 Å². The van der Waals surface area contributed by atoms with Gasteiger partial charge in [0.15, 0.2) is 9.84 Å². The van der Waals surface area contributed by atoms with Crippen molar-refractivity contribution in [2.75, 3.05) is 18.1 Å². The van der Waals surface area contributed by atoms with E-state index in [2.05, 4.69) is 0 Å². The average molecular weight is 471 g/mol. The molecule has 0 spiro atoms. The number of carbonyl (C=O) groups excluding carboxylic acids is 1. The van der Waals surface area contributed by atoms with Gasteiger partial charge in [0.1, 0.15) is 23.7 Å². The SMILES string of the molecule is CCOC(=O)CS(=O)(=O)CCc1coc2cc(OCc3ccc(Cl)cc3Cl)ccc12. The lowest BCUT2D eigenvalue weighted by molar-refractivity contribution is -0.139. The van der Waals surface area contributed by atoms with Crippen LogP contribution in [0.1, 0.15) is 18.1 Å². The Kier molecular flexibility index (Phi) is 7.28. The molecule has 0 bridgehead atoms. The van der Waals surface area contributed by atoms with Crippen molar-refractivity contribution in [1.29, 1.82) is 0 Å². The predicted molar refractivity (Wildman–Crippen MR) is 116 cm³/mol. The zero-order chi connectivity index (χ0) is 21.7. The van der Waals surface area contributed by atoms with E-state index in [4.69, 9.17) is 37.1 Å². The molecule has 1 aromatic heterocycles. The summed E-state index contributed by atoms with van der Waals surface area (Å²) in [5.74, 6) is -0.947. The Bertz CT molecular complexity index is 1150. The van der Waals surface area contributed by atoms with Crippen LogP contribution in [-0.4, -0.2) is 32.5 Å². The third-order valence-corrected chi connectivity index (χ3v) is 6.45. The molecule has 1 heterocycles. The Balaban J connectivity index is 1.64. The second kappa shape index (κ2) is 9.73. The van der Waals surface area contributed by atoms with E-state index < -0.39 is 21.6 Å². The smallest absolute Gasteiger partial charge is 0.321 e. The summed E-state index contributed by atoms with van der Waals surface area (Å²) in [6.07, 6.45) is 1.75. The number of sulfone groups is 1. The summed E-state index contributed by atoms with van der Waals surface area (Å²) in [4.78, 5) is 11.4. The molecule has 9 heteroatoms. The molecule has 0 aliphatic heterocycles. The summed E-state index contributed by atoms with van der Waals surface area (Å²) >= 11 is 12.0. The Labute approximate surface area is 184 Å². The van der Waals surface area contributed by atoms with E-state index in [1.54, 1.807) is 37.3 Å². The highest BCUT2D eigenvalue weighted by Crippen LogP contribution is 2.28. The fraction of sp³-hybridized carbons (Fsp3) is 0.286. The summed E-state index contributed by atoms with van der Waals surface area (Å²) < 4.78 is 40.2. The molecule has 0 N–H and O–H groups in total. The second-order valence-corrected chi connectivity index (χ2v) is 9.62. The summed E-state index contributed by atoms with van der Waals surface area (Å²) in [5.41, 5.74) is 2.12. The van der Waals surface area contributed by atoms with Crippen molar-refractivity contribution in [2.24, 2.45) is 0 Å². The molecule has 0 unspecified atom stereocenters. The molecule has 6 nitrogen and oxygen atoms in total. The van der Waals surface area contributed by atoms with Crippen molar-refractivity contribution in [3.8, 4) is 5.75 Å². The monoisotopic (exact) mass is 470 g/mol. The molecule has 0 saturated heterocycles. The van der Waals surface area contributed by atoms with Crippen molar-refractivity contribution in [3.63, 3.8) is 0 Å². The standard InChI is InChI=1S/C21H20Cl2O6S/c1-2-27-21(24)13-30(25,26)8-7-14-11-29-20-10-17(5-6-18(14)20)28-12-15-3-4-16(22)9-19(15)23/h3-6,9-11H,2,7-8,12-13H2,1H3. The van der Waals surface area contributed by atoms with Crippen LogP contribution < -0.4 is 4.74 Å². The Hall–Kier alpha value is -2.22. The molecule has 30 heavy (non-hydrogen) atoms. The van der Waals surface area contributed by atoms with Crippen molar-refractivity contribution in [1.82, 2.24) is 0 Å². The number of fused-ring (bicyclic) bond motifs is 1. The summed E-state index contributed by atoms with van der Waals surface area (Å²) in [7, 11) is -3.57. The molecule has 0 fully saturated rings. The van der Waals surface area contributed by atoms with Gasteiger partial charge in [-0.3, -0.25) is 4.79 Å². The van der Waals surface area contributed by atoms with E-state index >= 15 is 0 Å². The highest BCUT2D eigenvalue weighted by molar-refractivity contribution is 7.92. The number of benzene rings is 2. The molecule has 3 aromatic rings. The van der Waals surface area contributed by atoms with Gasteiger partial charge in [-0.25, -0.2) is 8.42 Å². The average Bonchev–Trinajstić information content (AvgIpc) is 3.08. The Morgan fingerprint density at radius 1 is 1.10 bits per heavy atom. The van der Waals surface area contributed by atoms with Gasteiger partial charge in [0, 0.05) is 27.1 Å². The second-order valence-electron chi connectivity index (χ2n) is 6.59. The minimum atomic E-state index is -3.57. The van der Waals surface area contributed by atoms with Gasteiger partial charge in [-0.2, -0.15) is 0 Å². The highest BCUT2D eigenvalue weighted by Gasteiger charge is 2.19. The molecule has 0 amide bonds. The fourth-order valence-electron chi connectivity index (χ4n) is 2.87. The van der Waals surface area contributed by atoms with Crippen LogP contribution in [0, 0.1) is 0 Å². The lowest BCUT2D eigenvalue weighted by Gasteiger charge is -2.08. The summed E-state index contributed by atoms with van der Waals surface area (Å²) in [5, 5.41) is 1.86. The molecule has 2 aromatic carbocycles. The minimum absolute atomic E-state index is 0.148. The molecule has 0 radical (unpaired) electrons. The van der Waals surface area contributed by atoms with Crippen LogP contribution in [0.4, 0.5) is 0 Å². The van der Waals surface area contributed by atoms with Crippen molar-refractivity contribution < 1.29 is 27.1 Å². The van der Waals surface area contributed by atoms with E-state index in [1.165, 1.54) is 6.26 Å². The van der Waals surface area contributed by atoms with Gasteiger partial charge in [-0.1, -0.05) is 29.3 Å². The molecule has 160 valence electrons. The maximum atomic E-state index is 12.1. The molecule has 0 atom stereocenters. The zero-order valence-electron chi connectivity index (χ0n) is 16.2. The van der Waals surface area contributed by atoms with Gasteiger partial charge in [0.05, 0.1) is 18.6 Å². The number of rotatable bonds is 9. The van der Waals surface area contributed by atoms with Crippen LogP contribution in [-0.2, 0) is 32.4 Å². The Morgan fingerprint density at radius 2 is 1.90 bits per heavy atom. The number of furan rings is 1. The van der Waals surface area contributed by atoms with E-state index in [0.29, 0.717) is 21.4 Å². The number of hydrogen-bond acceptors (Lipinski definition) is 6. The van der Waals surface area contributed by atoms with Gasteiger partial charge in [-0.05, 0) is 43.2 Å². The van der Waals surface area contributed by atoms with Gasteiger partial charge >= 0.3 is 5.97 Å². The number of aryl methyl sites for hydroxylation is 1. The zero-order valence-corrected chi connectivity index (χ0v) is 18.5. The first kappa shape index (κ1) is 22.5. The summed E-state index contributed by atoms with van der Waals surface area (Å²) in [6.45, 7) is 2.04. The largest absolute Gasteiger partial charge is 0.489 e. The van der Waals surface area contributed by atoms with E-state index in [1.807, 2.05) is 6.07 Å². The fourth-order valence-corrected chi connectivity index (χ4v) is 4.45. The first-order chi connectivity index (χ1) is 14.3. The summed E-state index contributed by atoms with van der Waals surface area (Å²) in [6, 6.07) is 10.5. The number of carbonyl (C=O) groups is 1. The van der Waals surface area contributed by atoms with Crippen molar-refractivity contribution >= 4 is 50.0 Å². The molecular formula is C21H20Cl2O6S. The lowest BCUT2D eigenvalue weighted by atomic mass is 10.1. The van der Waals surface area contributed by atoms with Gasteiger partial charge in [0.2, 0.25) is 0 Å². The molecule has 3 rings (SSSR count). The van der Waals surface area contributed by atoms with E-state index in [9.17, 15) is 13.2 Å². The van der Waals surface area contributed by atoms with Crippen molar-refractivity contribution in [3.05, 3.63) is 63.8 Å². The maximum Gasteiger partial charge on any atom is 0.321 e. The van der Waals surface area contributed by atoms with Crippen LogP contribution >= 0.6 is 23.2 Å². The van der Waals surface area contributed by atoms with Gasteiger partial charge in [-0.15, -0.1) is 0 Å². The quantitative estimate of drug-likeness (QED) is 0.416. The Morgan fingerprint density at radius 3 is 2.63 bits per heavy atom.